The highest BCUT2D eigenvalue weighted by molar-refractivity contribution is 5.99. The lowest BCUT2D eigenvalue weighted by atomic mass is 9.96. The summed E-state index contributed by atoms with van der Waals surface area (Å²) in [6.07, 6.45) is 3.68. The summed E-state index contributed by atoms with van der Waals surface area (Å²) in [5.41, 5.74) is 7.35. The number of aryl methyl sites for hydroxylation is 1. The number of hydrogen-bond acceptors (Lipinski definition) is 3. The Morgan fingerprint density at radius 3 is 2.81 bits per heavy atom. The SMILES string of the molecule is Cc1ccc(C(N)=NO)c(OC2CCC2)c1. The maximum absolute atomic E-state index is 8.69. The van der Waals surface area contributed by atoms with Crippen LogP contribution in [0.4, 0.5) is 0 Å². The molecule has 2 rings (SSSR count). The van der Waals surface area contributed by atoms with Crippen molar-refractivity contribution >= 4 is 5.84 Å². The molecule has 1 aliphatic carbocycles. The van der Waals surface area contributed by atoms with Gasteiger partial charge in [-0.15, -0.1) is 0 Å². The van der Waals surface area contributed by atoms with Crippen LogP contribution >= 0.6 is 0 Å². The molecule has 0 aromatic heterocycles. The molecule has 0 radical (unpaired) electrons. The average Bonchev–Trinajstić information content (AvgIpc) is 2.22. The maximum atomic E-state index is 8.69. The first kappa shape index (κ1) is 10.8. The van der Waals surface area contributed by atoms with Crippen molar-refractivity contribution in [3.8, 4) is 5.75 Å². The van der Waals surface area contributed by atoms with Gasteiger partial charge in [-0.1, -0.05) is 11.2 Å². The van der Waals surface area contributed by atoms with Gasteiger partial charge in [-0.3, -0.25) is 0 Å². The minimum absolute atomic E-state index is 0.0920. The first-order chi connectivity index (χ1) is 7.70. The molecule has 1 fully saturated rings. The molecular formula is C12H16N2O2. The van der Waals surface area contributed by atoms with Gasteiger partial charge >= 0.3 is 0 Å². The monoisotopic (exact) mass is 220 g/mol. The average molecular weight is 220 g/mol. The molecule has 0 heterocycles. The van der Waals surface area contributed by atoms with Crippen LogP contribution in [0.1, 0.15) is 30.4 Å². The molecule has 16 heavy (non-hydrogen) atoms. The number of hydrogen-bond donors (Lipinski definition) is 2. The fourth-order valence-electron chi connectivity index (χ4n) is 1.66. The van der Waals surface area contributed by atoms with E-state index in [0.29, 0.717) is 11.3 Å². The third-order valence-electron chi connectivity index (χ3n) is 2.87. The van der Waals surface area contributed by atoms with Crippen LogP contribution < -0.4 is 10.5 Å². The Kier molecular flexibility index (Phi) is 2.99. The highest BCUT2D eigenvalue weighted by atomic mass is 16.5. The van der Waals surface area contributed by atoms with Crippen LogP contribution in [0.25, 0.3) is 0 Å². The van der Waals surface area contributed by atoms with Crippen molar-refractivity contribution in [3.63, 3.8) is 0 Å². The van der Waals surface area contributed by atoms with Crippen molar-refractivity contribution in [2.24, 2.45) is 10.9 Å². The Balaban J connectivity index is 2.28. The summed E-state index contributed by atoms with van der Waals surface area (Å²) >= 11 is 0. The predicted octanol–water partition coefficient (Wildman–Crippen LogP) is 2.02. The van der Waals surface area contributed by atoms with E-state index in [2.05, 4.69) is 5.16 Å². The Hall–Kier alpha value is -1.71. The summed E-state index contributed by atoms with van der Waals surface area (Å²) in [4.78, 5) is 0. The number of benzene rings is 1. The number of oxime groups is 1. The molecule has 4 nitrogen and oxygen atoms in total. The minimum Gasteiger partial charge on any atom is -0.490 e. The van der Waals surface area contributed by atoms with Crippen molar-refractivity contribution in [2.45, 2.75) is 32.3 Å². The van der Waals surface area contributed by atoms with Gasteiger partial charge < -0.3 is 15.7 Å². The molecule has 0 spiro atoms. The number of ether oxygens (including phenoxy) is 1. The van der Waals surface area contributed by atoms with Crippen LogP contribution in [0.3, 0.4) is 0 Å². The van der Waals surface area contributed by atoms with E-state index in [4.69, 9.17) is 15.7 Å². The van der Waals surface area contributed by atoms with Gasteiger partial charge in [0.05, 0.1) is 11.7 Å². The van der Waals surface area contributed by atoms with Crippen molar-refractivity contribution in [3.05, 3.63) is 29.3 Å². The largest absolute Gasteiger partial charge is 0.490 e. The number of nitrogens with zero attached hydrogens (tertiary/aromatic N) is 1. The summed E-state index contributed by atoms with van der Waals surface area (Å²) in [6.45, 7) is 1.99. The van der Waals surface area contributed by atoms with Crippen molar-refractivity contribution in [1.82, 2.24) is 0 Å². The number of rotatable bonds is 3. The van der Waals surface area contributed by atoms with Gasteiger partial charge in [0, 0.05) is 0 Å². The van der Waals surface area contributed by atoms with Crippen LogP contribution in [-0.4, -0.2) is 17.1 Å². The van der Waals surface area contributed by atoms with E-state index < -0.39 is 0 Å². The van der Waals surface area contributed by atoms with Gasteiger partial charge in [-0.05, 0) is 43.9 Å². The second-order valence-corrected chi connectivity index (χ2v) is 4.16. The van der Waals surface area contributed by atoms with Crippen LogP contribution in [0.5, 0.6) is 5.75 Å². The van der Waals surface area contributed by atoms with Crippen LogP contribution in [0, 0.1) is 6.92 Å². The Labute approximate surface area is 94.7 Å². The van der Waals surface area contributed by atoms with Gasteiger partial charge in [0.2, 0.25) is 0 Å². The lowest BCUT2D eigenvalue weighted by molar-refractivity contribution is 0.120. The molecule has 4 heteroatoms. The third-order valence-corrected chi connectivity index (χ3v) is 2.87. The van der Waals surface area contributed by atoms with Gasteiger partial charge in [-0.2, -0.15) is 0 Å². The first-order valence-corrected chi connectivity index (χ1v) is 5.46. The molecule has 0 aliphatic heterocycles. The van der Waals surface area contributed by atoms with Crippen molar-refractivity contribution < 1.29 is 9.94 Å². The molecule has 0 unspecified atom stereocenters. The predicted molar refractivity (Wildman–Crippen MR) is 62.0 cm³/mol. The summed E-state index contributed by atoms with van der Waals surface area (Å²) in [7, 11) is 0. The minimum atomic E-state index is 0.0920. The molecule has 0 bridgehead atoms. The first-order valence-electron chi connectivity index (χ1n) is 5.46. The fourth-order valence-corrected chi connectivity index (χ4v) is 1.66. The summed E-state index contributed by atoms with van der Waals surface area (Å²) in [5, 5.41) is 11.7. The van der Waals surface area contributed by atoms with E-state index in [1.165, 1.54) is 6.42 Å². The number of amidine groups is 1. The van der Waals surface area contributed by atoms with E-state index in [0.717, 1.165) is 18.4 Å². The highest BCUT2D eigenvalue weighted by Crippen LogP contribution is 2.28. The normalized spacial score (nSPS) is 16.9. The fraction of sp³-hybridized carbons (Fsp3) is 0.417. The van der Waals surface area contributed by atoms with Gasteiger partial charge in [0.15, 0.2) is 5.84 Å². The summed E-state index contributed by atoms with van der Waals surface area (Å²) < 4.78 is 5.81. The molecule has 0 saturated heterocycles. The second-order valence-electron chi connectivity index (χ2n) is 4.16. The zero-order valence-corrected chi connectivity index (χ0v) is 9.31. The quantitative estimate of drug-likeness (QED) is 0.354. The van der Waals surface area contributed by atoms with Gasteiger partial charge in [-0.25, -0.2) is 0 Å². The lowest BCUT2D eigenvalue weighted by Crippen LogP contribution is -2.26. The Morgan fingerprint density at radius 1 is 1.50 bits per heavy atom. The Morgan fingerprint density at radius 2 is 2.25 bits per heavy atom. The molecule has 1 aliphatic rings. The zero-order valence-electron chi connectivity index (χ0n) is 9.31. The van der Waals surface area contributed by atoms with Crippen LogP contribution in [0.15, 0.2) is 23.4 Å². The molecule has 0 atom stereocenters. The topological polar surface area (TPSA) is 67.8 Å². The molecule has 86 valence electrons. The van der Waals surface area contributed by atoms with Crippen molar-refractivity contribution in [1.29, 1.82) is 0 Å². The van der Waals surface area contributed by atoms with Crippen LogP contribution in [0.2, 0.25) is 0 Å². The molecule has 1 saturated carbocycles. The van der Waals surface area contributed by atoms with Crippen molar-refractivity contribution in [2.75, 3.05) is 0 Å². The van der Waals surface area contributed by atoms with Gasteiger partial charge in [0.1, 0.15) is 5.75 Å². The van der Waals surface area contributed by atoms with Crippen LogP contribution in [-0.2, 0) is 0 Å². The second kappa shape index (κ2) is 4.43. The molecule has 1 aromatic carbocycles. The molecule has 1 aromatic rings. The standard InChI is InChI=1S/C12H16N2O2/c1-8-5-6-10(12(13)14-15)11(7-8)16-9-3-2-4-9/h5-7,9,15H,2-4H2,1H3,(H2,13,14). The molecule has 0 amide bonds. The summed E-state index contributed by atoms with van der Waals surface area (Å²) in [6, 6.07) is 5.66. The highest BCUT2D eigenvalue weighted by Gasteiger charge is 2.21. The van der Waals surface area contributed by atoms with E-state index in [9.17, 15) is 0 Å². The lowest BCUT2D eigenvalue weighted by Gasteiger charge is -2.27. The van der Waals surface area contributed by atoms with E-state index in [-0.39, 0.29) is 11.9 Å². The zero-order chi connectivity index (χ0) is 11.5. The maximum Gasteiger partial charge on any atom is 0.173 e. The van der Waals surface area contributed by atoms with Gasteiger partial charge in [0.25, 0.3) is 0 Å². The summed E-state index contributed by atoms with van der Waals surface area (Å²) in [5.74, 6) is 0.800. The third kappa shape index (κ3) is 2.10. The molecule has 3 N–H and O–H groups in total. The smallest absolute Gasteiger partial charge is 0.173 e. The van der Waals surface area contributed by atoms with E-state index in [1.807, 2.05) is 25.1 Å². The molecular weight excluding hydrogens is 204 g/mol. The number of nitrogens with two attached hydrogens (primary N) is 1. The Bertz CT molecular complexity index is 411. The van der Waals surface area contributed by atoms with E-state index >= 15 is 0 Å². The van der Waals surface area contributed by atoms with E-state index in [1.54, 1.807) is 0 Å².